The highest BCUT2D eigenvalue weighted by atomic mass is 32.3. The highest BCUT2D eigenvalue weighted by molar-refractivity contribution is 7.97. The molecule has 0 radical (unpaired) electrons. The van der Waals surface area contributed by atoms with Gasteiger partial charge in [0.15, 0.2) is 0 Å². The average molecular weight is 310 g/mol. The van der Waals surface area contributed by atoms with E-state index in [-0.39, 0.29) is 4.90 Å². The molecule has 2 aromatic carbocycles. The first-order valence-electron chi connectivity index (χ1n) is 5.88. The summed E-state index contributed by atoms with van der Waals surface area (Å²) in [5, 5.41) is 0. The van der Waals surface area contributed by atoms with Gasteiger partial charge in [-0.1, -0.05) is 35.4 Å². The van der Waals surface area contributed by atoms with Gasteiger partial charge < -0.3 is 0 Å². The Morgan fingerprint density at radius 1 is 0.850 bits per heavy atom. The Bertz CT molecular complexity index is 717. The van der Waals surface area contributed by atoms with E-state index in [2.05, 4.69) is 0 Å². The molecule has 0 heterocycles. The number of hydrogen-bond donors (Lipinski definition) is 0. The molecule has 106 valence electrons. The Balaban J connectivity index is 2.22. The summed E-state index contributed by atoms with van der Waals surface area (Å²) in [4.78, 5) is 0.301. The van der Waals surface area contributed by atoms with E-state index in [0.717, 1.165) is 11.1 Å². The molecule has 20 heavy (non-hydrogen) atoms. The molecule has 0 N–H and O–H groups in total. The molecular weight excluding hydrogens is 296 g/mol. The third-order valence-electron chi connectivity index (χ3n) is 2.67. The van der Waals surface area contributed by atoms with Crippen LogP contribution in [0, 0.1) is 13.8 Å². The van der Waals surface area contributed by atoms with Crippen molar-refractivity contribution in [1.29, 1.82) is 0 Å². The molecular formula is C14H14O4S2. The monoisotopic (exact) mass is 310 g/mol. The molecule has 0 aliphatic carbocycles. The molecule has 0 bridgehead atoms. The van der Waals surface area contributed by atoms with Gasteiger partial charge in [-0.25, -0.2) is 4.21 Å². The maximum Gasteiger partial charge on any atom is 0.310 e. The molecule has 2 rings (SSSR count). The molecule has 0 spiro atoms. The van der Waals surface area contributed by atoms with Crippen molar-refractivity contribution >= 4 is 21.2 Å². The second kappa shape index (κ2) is 5.87. The molecule has 1 unspecified atom stereocenters. The van der Waals surface area contributed by atoms with Crippen molar-refractivity contribution in [3.8, 4) is 0 Å². The van der Waals surface area contributed by atoms with E-state index < -0.39 is 21.2 Å². The minimum absolute atomic E-state index is 0.0106. The summed E-state index contributed by atoms with van der Waals surface area (Å²) in [5.74, 6) is 0. The summed E-state index contributed by atoms with van der Waals surface area (Å²) in [5.41, 5.74) is 1.93. The third kappa shape index (κ3) is 3.53. The molecule has 0 saturated carbocycles. The van der Waals surface area contributed by atoms with Gasteiger partial charge in [0.2, 0.25) is 11.1 Å². The lowest BCUT2D eigenvalue weighted by Crippen LogP contribution is -2.09. The summed E-state index contributed by atoms with van der Waals surface area (Å²) in [7, 11) is -4.03. The Morgan fingerprint density at radius 3 is 1.80 bits per heavy atom. The van der Waals surface area contributed by atoms with E-state index in [1.165, 1.54) is 12.1 Å². The molecule has 0 aromatic heterocycles. The smallest absolute Gasteiger partial charge is 0.223 e. The zero-order chi connectivity index (χ0) is 14.8. The Hall–Kier alpha value is -1.50. The van der Waals surface area contributed by atoms with Gasteiger partial charge in [-0.3, -0.25) is 0 Å². The van der Waals surface area contributed by atoms with Crippen LogP contribution in [-0.4, -0.2) is 12.6 Å². The van der Waals surface area contributed by atoms with Crippen molar-refractivity contribution in [1.82, 2.24) is 0 Å². The van der Waals surface area contributed by atoms with Crippen LogP contribution < -0.4 is 0 Å². The van der Waals surface area contributed by atoms with Gasteiger partial charge in [0.25, 0.3) is 0 Å². The first kappa shape index (κ1) is 14.9. The Morgan fingerprint density at radius 2 is 1.30 bits per heavy atom. The average Bonchev–Trinajstić information content (AvgIpc) is 2.39. The van der Waals surface area contributed by atoms with Crippen molar-refractivity contribution in [3.05, 3.63) is 59.7 Å². The maximum absolute atomic E-state index is 12.0. The van der Waals surface area contributed by atoms with E-state index in [1.54, 1.807) is 36.4 Å². The van der Waals surface area contributed by atoms with Crippen molar-refractivity contribution in [2.75, 3.05) is 0 Å². The largest absolute Gasteiger partial charge is 0.310 e. The van der Waals surface area contributed by atoms with Crippen LogP contribution in [0.15, 0.2) is 58.3 Å². The molecule has 0 aliphatic heterocycles. The molecule has 4 nitrogen and oxygen atoms in total. The predicted octanol–water partition coefficient (Wildman–Crippen LogP) is 2.73. The SMILES string of the molecule is Cc1ccc(S(=O)OS(=O)(=O)c2ccc(C)cc2)cc1. The number of hydrogen-bond acceptors (Lipinski definition) is 4. The molecule has 0 aliphatic rings. The first-order chi connectivity index (χ1) is 9.38. The van der Waals surface area contributed by atoms with Crippen LogP contribution >= 0.6 is 0 Å². The van der Waals surface area contributed by atoms with Crippen molar-refractivity contribution in [3.63, 3.8) is 0 Å². The number of benzene rings is 2. The van der Waals surface area contributed by atoms with Crippen LogP contribution in [0.5, 0.6) is 0 Å². The fraction of sp³-hybridized carbons (Fsp3) is 0.143. The molecule has 0 saturated heterocycles. The maximum atomic E-state index is 12.0. The molecule has 2 aromatic rings. The van der Waals surface area contributed by atoms with Crippen LogP contribution in [0.3, 0.4) is 0 Å². The zero-order valence-corrected chi connectivity index (χ0v) is 12.7. The minimum Gasteiger partial charge on any atom is -0.223 e. The van der Waals surface area contributed by atoms with Crippen molar-refractivity contribution in [2.24, 2.45) is 0 Å². The van der Waals surface area contributed by atoms with Gasteiger partial charge in [-0.15, -0.1) is 0 Å². The van der Waals surface area contributed by atoms with Crippen molar-refractivity contribution in [2.45, 2.75) is 23.6 Å². The molecule has 1 atom stereocenters. The summed E-state index contributed by atoms with van der Waals surface area (Å²) >= 11 is -2.05. The predicted molar refractivity (Wildman–Crippen MR) is 77.0 cm³/mol. The van der Waals surface area contributed by atoms with Crippen LogP contribution in [0.1, 0.15) is 11.1 Å². The van der Waals surface area contributed by atoms with Crippen molar-refractivity contribution < 1.29 is 16.3 Å². The van der Waals surface area contributed by atoms with Crippen LogP contribution in [-0.2, 0) is 24.8 Å². The lowest BCUT2D eigenvalue weighted by molar-refractivity contribution is 0.498. The third-order valence-corrected chi connectivity index (χ3v) is 5.39. The molecule has 0 fully saturated rings. The second-order valence-corrected chi connectivity index (χ2v) is 7.25. The minimum atomic E-state index is -4.03. The lowest BCUT2D eigenvalue weighted by atomic mass is 10.2. The van der Waals surface area contributed by atoms with E-state index in [4.69, 9.17) is 3.63 Å². The normalized spacial score (nSPS) is 13.1. The summed E-state index contributed by atoms with van der Waals surface area (Å²) < 4.78 is 40.6. The first-order valence-corrected chi connectivity index (χ1v) is 8.37. The molecule has 6 heteroatoms. The van der Waals surface area contributed by atoms with Crippen LogP contribution in [0.2, 0.25) is 0 Å². The van der Waals surface area contributed by atoms with E-state index in [9.17, 15) is 12.6 Å². The van der Waals surface area contributed by atoms with Gasteiger partial charge in [0, 0.05) is 0 Å². The summed E-state index contributed by atoms with van der Waals surface area (Å²) in [6.07, 6.45) is 0. The van der Waals surface area contributed by atoms with Gasteiger partial charge >= 0.3 is 10.1 Å². The Kier molecular flexibility index (Phi) is 4.37. The van der Waals surface area contributed by atoms with Gasteiger partial charge in [-0.2, -0.15) is 12.0 Å². The van der Waals surface area contributed by atoms with E-state index >= 15 is 0 Å². The van der Waals surface area contributed by atoms with Crippen LogP contribution in [0.4, 0.5) is 0 Å². The van der Waals surface area contributed by atoms with Crippen LogP contribution in [0.25, 0.3) is 0 Å². The number of aryl methyl sites for hydroxylation is 2. The van der Waals surface area contributed by atoms with Gasteiger partial charge in [0.05, 0.1) is 9.79 Å². The highest BCUT2D eigenvalue weighted by Gasteiger charge is 2.20. The summed E-state index contributed by atoms with van der Waals surface area (Å²) in [6, 6.07) is 12.8. The van der Waals surface area contributed by atoms with Gasteiger partial charge in [0.1, 0.15) is 0 Å². The summed E-state index contributed by atoms with van der Waals surface area (Å²) in [6.45, 7) is 3.73. The Labute approximate surface area is 121 Å². The number of rotatable bonds is 4. The fourth-order valence-corrected chi connectivity index (χ4v) is 3.62. The van der Waals surface area contributed by atoms with E-state index in [0.29, 0.717) is 4.90 Å². The second-order valence-electron chi connectivity index (χ2n) is 4.38. The van der Waals surface area contributed by atoms with E-state index in [1.807, 2.05) is 13.8 Å². The quantitative estimate of drug-likeness (QED) is 0.871. The van der Waals surface area contributed by atoms with Gasteiger partial charge in [-0.05, 0) is 38.1 Å². The fourth-order valence-electron chi connectivity index (χ4n) is 1.51. The topological polar surface area (TPSA) is 60.4 Å². The highest BCUT2D eigenvalue weighted by Crippen LogP contribution is 2.18. The zero-order valence-electron chi connectivity index (χ0n) is 11.1. The standard InChI is InChI=1S/C14H14O4S2/c1-11-3-7-13(8-4-11)19(15)18-20(16,17)14-9-5-12(2)6-10-14/h3-10H,1-2H3. The lowest BCUT2D eigenvalue weighted by Gasteiger charge is -2.05. The molecule has 0 amide bonds.